The predicted molar refractivity (Wildman–Crippen MR) is 67.3 cm³/mol. The van der Waals surface area contributed by atoms with Crippen LogP contribution in [0.5, 0.6) is 0 Å². The molecular weight excluding hydrogens is 250 g/mol. The summed E-state index contributed by atoms with van der Waals surface area (Å²) in [4.78, 5) is 4.24. The zero-order chi connectivity index (χ0) is 10.5. The fraction of sp³-hybridized carbons (Fsp3) is 0. The molecule has 2 rings (SSSR count). The quantitative estimate of drug-likeness (QED) is 0.794. The van der Waals surface area contributed by atoms with E-state index in [1.54, 1.807) is 6.20 Å². The smallest absolute Gasteiger partial charge is 0.0641 e. The van der Waals surface area contributed by atoms with Crippen LogP contribution in [0, 0.1) is 0 Å². The Kier molecular flexibility index (Phi) is 3.30. The lowest BCUT2D eigenvalue weighted by molar-refractivity contribution is 1.29. The standard InChI is InChI=1S/C13H10BrN/c14-12-8-9-15-13(10-12)7-6-11-4-2-1-3-5-11/h1-10H/b7-6+. The van der Waals surface area contributed by atoms with Gasteiger partial charge >= 0.3 is 0 Å². The monoisotopic (exact) mass is 259 g/mol. The number of hydrogen-bond donors (Lipinski definition) is 0. The molecule has 1 heterocycles. The summed E-state index contributed by atoms with van der Waals surface area (Å²) in [6, 6.07) is 14.1. The summed E-state index contributed by atoms with van der Waals surface area (Å²) in [5.74, 6) is 0. The van der Waals surface area contributed by atoms with Crippen LogP contribution in [0.4, 0.5) is 0 Å². The van der Waals surface area contributed by atoms with E-state index in [9.17, 15) is 0 Å². The Morgan fingerprint density at radius 3 is 2.53 bits per heavy atom. The molecule has 1 aromatic heterocycles. The molecule has 0 unspecified atom stereocenters. The third kappa shape index (κ3) is 3.03. The Labute approximate surface area is 97.6 Å². The second-order valence-electron chi connectivity index (χ2n) is 3.14. The largest absolute Gasteiger partial charge is 0.257 e. The number of hydrogen-bond acceptors (Lipinski definition) is 1. The van der Waals surface area contributed by atoms with E-state index >= 15 is 0 Å². The van der Waals surface area contributed by atoms with Crippen molar-refractivity contribution in [3.8, 4) is 0 Å². The molecule has 0 radical (unpaired) electrons. The van der Waals surface area contributed by atoms with Crippen LogP contribution in [0.1, 0.15) is 11.3 Å². The highest BCUT2D eigenvalue weighted by Gasteiger charge is 1.90. The minimum atomic E-state index is 0.952. The first kappa shape index (κ1) is 10.1. The van der Waals surface area contributed by atoms with Crippen LogP contribution in [-0.2, 0) is 0 Å². The lowest BCUT2D eigenvalue weighted by atomic mass is 10.2. The van der Waals surface area contributed by atoms with Crippen molar-refractivity contribution in [2.75, 3.05) is 0 Å². The van der Waals surface area contributed by atoms with Gasteiger partial charge in [0.15, 0.2) is 0 Å². The van der Waals surface area contributed by atoms with Gasteiger partial charge in [-0.1, -0.05) is 52.3 Å². The van der Waals surface area contributed by atoms with Gasteiger partial charge in [-0.05, 0) is 23.8 Å². The normalized spacial score (nSPS) is 10.7. The molecule has 0 saturated heterocycles. The maximum absolute atomic E-state index is 4.24. The number of aromatic nitrogens is 1. The number of nitrogens with zero attached hydrogens (tertiary/aromatic N) is 1. The van der Waals surface area contributed by atoms with E-state index in [0.29, 0.717) is 0 Å². The maximum Gasteiger partial charge on any atom is 0.0641 e. The average Bonchev–Trinajstić information content (AvgIpc) is 2.28. The van der Waals surface area contributed by atoms with Crippen molar-refractivity contribution in [3.63, 3.8) is 0 Å². The van der Waals surface area contributed by atoms with Crippen molar-refractivity contribution in [1.82, 2.24) is 4.98 Å². The molecule has 1 aromatic carbocycles. The first-order valence-corrected chi connectivity index (χ1v) is 5.48. The molecule has 0 aliphatic carbocycles. The van der Waals surface area contributed by atoms with Gasteiger partial charge in [0.1, 0.15) is 0 Å². The molecule has 0 saturated carbocycles. The molecule has 1 nitrogen and oxygen atoms in total. The fourth-order valence-electron chi connectivity index (χ4n) is 1.26. The molecule has 0 bridgehead atoms. The molecule has 0 N–H and O–H groups in total. The Morgan fingerprint density at radius 2 is 1.80 bits per heavy atom. The highest BCUT2D eigenvalue weighted by atomic mass is 79.9. The summed E-state index contributed by atoms with van der Waals surface area (Å²) < 4.78 is 1.05. The van der Waals surface area contributed by atoms with E-state index in [-0.39, 0.29) is 0 Å². The molecule has 0 amide bonds. The van der Waals surface area contributed by atoms with Gasteiger partial charge in [-0.3, -0.25) is 4.98 Å². The summed E-state index contributed by atoms with van der Waals surface area (Å²) in [6.07, 6.45) is 5.84. The van der Waals surface area contributed by atoms with Gasteiger partial charge in [0.2, 0.25) is 0 Å². The Morgan fingerprint density at radius 1 is 1.00 bits per heavy atom. The topological polar surface area (TPSA) is 12.9 Å². The fourth-order valence-corrected chi connectivity index (χ4v) is 1.61. The van der Waals surface area contributed by atoms with Crippen LogP contribution in [0.2, 0.25) is 0 Å². The Hall–Kier alpha value is -1.41. The first-order valence-electron chi connectivity index (χ1n) is 4.69. The minimum Gasteiger partial charge on any atom is -0.257 e. The second kappa shape index (κ2) is 4.89. The van der Waals surface area contributed by atoms with Crippen LogP contribution in [-0.4, -0.2) is 4.98 Å². The van der Waals surface area contributed by atoms with Gasteiger partial charge in [0.25, 0.3) is 0 Å². The van der Waals surface area contributed by atoms with Crippen molar-refractivity contribution < 1.29 is 0 Å². The zero-order valence-corrected chi connectivity index (χ0v) is 9.68. The number of rotatable bonds is 2. The lowest BCUT2D eigenvalue weighted by Crippen LogP contribution is -1.78. The molecule has 0 atom stereocenters. The molecular formula is C13H10BrN. The molecule has 0 aliphatic heterocycles. The zero-order valence-electron chi connectivity index (χ0n) is 8.10. The minimum absolute atomic E-state index is 0.952. The van der Waals surface area contributed by atoms with E-state index in [1.807, 2.05) is 36.4 Å². The van der Waals surface area contributed by atoms with Crippen LogP contribution < -0.4 is 0 Å². The van der Waals surface area contributed by atoms with Crippen molar-refractivity contribution in [2.45, 2.75) is 0 Å². The molecule has 2 heteroatoms. The SMILES string of the molecule is Brc1ccnc(/C=C/c2ccccc2)c1. The van der Waals surface area contributed by atoms with Gasteiger partial charge < -0.3 is 0 Å². The third-order valence-electron chi connectivity index (χ3n) is 1.99. The summed E-state index contributed by atoms with van der Waals surface area (Å²) in [7, 11) is 0. The highest BCUT2D eigenvalue weighted by molar-refractivity contribution is 9.10. The van der Waals surface area contributed by atoms with Gasteiger partial charge in [0, 0.05) is 10.7 Å². The molecule has 0 aliphatic rings. The predicted octanol–water partition coefficient (Wildman–Crippen LogP) is 4.01. The van der Waals surface area contributed by atoms with Gasteiger partial charge in [0.05, 0.1) is 5.69 Å². The van der Waals surface area contributed by atoms with Gasteiger partial charge in [-0.15, -0.1) is 0 Å². The Bertz CT molecular complexity index is 463. The Balaban J connectivity index is 2.19. The summed E-state index contributed by atoms with van der Waals surface area (Å²) in [6.45, 7) is 0. The van der Waals surface area contributed by atoms with Gasteiger partial charge in [-0.2, -0.15) is 0 Å². The van der Waals surface area contributed by atoms with Crippen molar-refractivity contribution in [1.29, 1.82) is 0 Å². The lowest BCUT2D eigenvalue weighted by Gasteiger charge is -1.94. The van der Waals surface area contributed by atoms with E-state index in [0.717, 1.165) is 10.2 Å². The van der Waals surface area contributed by atoms with E-state index in [4.69, 9.17) is 0 Å². The molecule has 15 heavy (non-hydrogen) atoms. The van der Waals surface area contributed by atoms with E-state index in [1.165, 1.54) is 5.56 Å². The van der Waals surface area contributed by atoms with Gasteiger partial charge in [-0.25, -0.2) is 0 Å². The van der Waals surface area contributed by atoms with Crippen molar-refractivity contribution in [3.05, 3.63) is 64.4 Å². The van der Waals surface area contributed by atoms with E-state index in [2.05, 4.69) is 39.1 Å². The third-order valence-corrected chi connectivity index (χ3v) is 2.48. The molecule has 2 aromatic rings. The second-order valence-corrected chi connectivity index (χ2v) is 4.06. The summed E-state index contributed by atoms with van der Waals surface area (Å²) in [5, 5.41) is 0. The van der Waals surface area contributed by atoms with E-state index < -0.39 is 0 Å². The van der Waals surface area contributed by atoms with Crippen molar-refractivity contribution >= 4 is 28.1 Å². The first-order chi connectivity index (χ1) is 7.34. The molecule has 0 fully saturated rings. The van der Waals surface area contributed by atoms with Crippen molar-refractivity contribution in [2.24, 2.45) is 0 Å². The molecule has 0 spiro atoms. The summed E-state index contributed by atoms with van der Waals surface area (Å²) >= 11 is 3.41. The maximum atomic E-state index is 4.24. The van der Waals surface area contributed by atoms with Crippen LogP contribution in [0.3, 0.4) is 0 Å². The van der Waals surface area contributed by atoms with Crippen LogP contribution in [0.15, 0.2) is 53.1 Å². The number of pyridine rings is 1. The number of halogens is 1. The highest BCUT2D eigenvalue weighted by Crippen LogP contribution is 2.11. The van der Waals surface area contributed by atoms with Crippen LogP contribution in [0.25, 0.3) is 12.2 Å². The average molecular weight is 260 g/mol. The molecule has 74 valence electrons. The number of benzene rings is 1. The summed E-state index contributed by atoms with van der Waals surface area (Å²) in [5.41, 5.74) is 2.13. The van der Waals surface area contributed by atoms with Crippen LogP contribution >= 0.6 is 15.9 Å².